The van der Waals surface area contributed by atoms with Crippen molar-refractivity contribution in [1.82, 2.24) is 4.98 Å². The molecular weight excluding hydrogens is 1080 g/mol. The van der Waals surface area contributed by atoms with Crippen LogP contribution >= 0.6 is 12.6 Å². The van der Waals surface area contributed by atoms with Crippen molar-refractivity contribution in [1.29, 1.82) is 0 Å². The summed E-state index contributed by atoms with van der Waals surface area (Å²) >= 11 is 3.96. The van der Waals surface area contributed by atoms with Gasteiger partial charge >= 0.3 is 49.4 Å². The van der Waals surface area contributed by atoms with Gasteiger partial charge < -0.3 is 0 Å². The Morgan fingerprint density at radius 1 is 0.419 bits per heavy atom. The molecule has 74 heavy (non-hydrogen) atoms. The van der Waals surface area contributed by atoms with Crippen LogP contribution in [0.4, 0.5) is 105 Å². The van der Waals surface area contributed by atoms with Crippen LogP contribution in [0.1, 0.15) is 60.6 Å². The number of hydrogen-bond donors (Lipinski definition) is 1. The SMILES string of the molecule is FC(F)(F)c1cc([B-](c2cc(C(F)(F)F)cc(C(F)(F)F)c2)(c2cc(C(F)(F)F)cc(C(F)(F)F)c2)c2cc(C(F)(F)F)cc(C(F)(F)F)c2)cc(C(F)(F)F)c1.O=C(CS)c1c[n+](Cc2ccccc2)ccn1. The van der Waals surface area contributed by atoms with Crippen molar-refractivity contribution in [2.24, 2.45) is 0 Å². The largest absolute Gasteiger partial charge is 0.416 e. The fourth-order valence-electron chi connectivity index (χ4n) is 7.62. The van der Waals surface area contributed by atoms with Crippen LogP contribution in [0.25, 0.3) is 0 Å². The van der Waals surface area contributed by atoms with Crippen molar-refractivity contribution >= 4 is 46.4 Å². The number of halogens is 24. The number of carbonyl (C=O) groups is 1. The van der Waals surface area contributed by atoms with E-state index in [1.807, 2.05) is 41.1 Å². The molecule has 6 rings (SSSR count). The van der Waals surface area contributed by atoms with E-state index >= 15 is 0 Å². The monoisotopic (exact) mass is 1110 g/mol. The Hall–Kier alpha value is -6.42. The maximum absolute atomic E-state index is 14.2. The Labute approximate surface area is 404 Å². The predicted octanol–water partition coefficient (Wildman–Crippen LogP) is 12.7. The first-order chi connectivity index (χ1) is 33.6. The molecule has 1 heterocycles. The molecule has 0 atom stereocenters. The van der Waals surface area contributed by atoms with Crippen molar-refractivity contribution < 1.29 is 115 Å². The summed E-state index contributed by atoms with van der Waals surface area (Å²) in [5, 5.41) is 0. The first-order valence-corrected chi connectivity index (χ1v) is 20.6. The summed E-state index contributed by atoms with van der Waals surface area (Å²) in [6.45, 7) is 0.732. The lowest BCUT2D eigenvalue weighted by Crippen LogP contribution is -2.75. The molecule has 0 N–H and O–H groups in total. The maximum Gasteiger partial charge on any atom is 0.416 e. The third-order valence-electron chi connectivity index (χ3n) is 10.8. The van der Waals surface area contributed by atoms with Crippen molar-refractivity contribution in [2.75, 3.05) is 5.75 Å². The molecule has 0 amide bonds. The van der Waals surface area contributed by atoms with E-state index in [-0.39, 0.29) is 11.5 Å². The summed E-state index contributed by atoms with van der Waals surface area (Å²) < 4.78 is 343. The van der Waals surface area contributed by atoms with Gasteiger partial charge in [-0.1, -0.05) is 78.9 Å². The molecule has 0 saturated heterocycles. The molecule has 5 aromatic carbocycles. The molecule has 0 aliphatic carbocycles. The van der Waals surface area contributed by atoms with Gasteiger partial charge in [-0.05, 0) is 24.3 Å². The van der Waals surface area contributed by atoms with Crippen LogP contribution in [0.2, 0.25) is 0 Å². The fourth-order valence-corrected chi connectivity index (χ4v) is 7.78. The third-order valence-corrected chi connectivity index (χ3v) is 11.1. The molecule has 0 fully saturated rings. The second-order valence-electron chi connectivity index (χ2n) is 15.9. The molecule has 0 aliphatic rings. The number of Topliss-reactive ketones (excluding diaryl/α,β-unsaturated/α-hetero) is 1. The summed E-state index contributed by atoms with van der Waals surface area (Å²) in [6, 6.07) is 1.26. The topological polar surface area (TPSA) is 33.8 Å². The second kappa shape index (κ2) is 20.4. The van der Waals surface area contributed by atoms with Crippen molar-refractivity contribution in [3.05, 3.63) is 177 Å². The Morgan fingerprint density at radius 3 is 0.905 bits per heavy atom. The van der Waals surface area contributed by atoms with Gasteiger partial charge in [0.05, 0.1) is 56.5 Å². The molecule has 29 heteroatoms. The van der Waals surface area contributed by atoms with Gasteiger partial charge in [0.25, 0.3) is 0 Å². The third kappa shape index (κ3) is 13.6. The molecule has 0 saturated carbocycles. The number of aromatic nitrogens is 2. The van der Waals surface area contributed by atoms with Crippen LogP contribution in [0.15, 0.2) is 122 Å². The Kier molecular flexibility index (Phi) is 16.1. The smallest absolute Gasteiger partial charge is 0.291 e. The summed E-state index contributed by atoms with van der Waals surface area (Å²) in [5.41, 5.74) is -28.6. The second-order valence-corrected chi connectivity index (χ2v) is 16.2. The first-order valence-electron chi connectivity index (χ1n) is 19.9. The van der Waals surface area contributed by atoms with Gasteiger partial charge in [-0.3, -0.25) is 4.79 Å². The lowest BCUT2D eigenvalue weighted by Gasteiger charge is -2.46. The maximum atomic E-state index is 14.2. The van der Waals surface area contributed by atoms with E-state index < -0.39 is 195 Å². The zero-order chi connectivity index (χ0) is 56.0. The number of hydrogen-bond acceptors (Lipinski definition) is 3. The fraction of sp³-hybridized carbons (Fsp3) is 0.222. The van der Waals surface area contributed by atoms with Crippen LogP contribution in [0.3, 0.4) is 0 Å². The van der Waals surface area contributed by atoms with Crippen molar-refractivity contribution in [2.45, 2.75) is 56.0 Å². The Morgan fingerprint density at radius 2 is 0.676 bits per heavy atom. The number of benzene rings is 5. The van der Waals surface area contributed by atoms with E-state index in [0.29, 0.717) is 5.69 Å². The average Bonchev–Trinajstić information content (AvgIpc) is 3.27. The lowest BCUT2D eigenvalue weighted by molar-refractivity contribution is -0.689. The molecule has 1 aromatic heterocycles. The number of ketones is 1. The summed E-state index contributed by atoms with van der Waals surface area (Å²) in [4.78, 5) is 15.5. The Balaban J connectivity index is 0.000000500. The standard InChI is InChI=1S/C32H12BF24.C13H12N2OS/c34-25(35,36)13-1-14(26(37,38)39)6-21(5-13)33(22-7-15(27(40,41)42)2-16(8-22)28(43,44)45,23-9-17(29(46,47)48)3-18(10-23)30(49,50)51)24-11-19(31(52,53)54)4-20(12-24)32(55,56)57;16-13(10-17)12-9-15(7-6-14-12)8-11-4-2-1-3-5-11/h1-12H;1-7,9H,8,10H2/q-1;/p+1. The highest BCUT2D eigenvalue weighted by molar-refractivity contribution is 7.81. The van der Waals surface area contributed by atoms with Crippen LogP contribution in [-0.2, 0) is 56.0 Å². The molecule has 398 valence electrons. The highest BCUT2D eigenvalue weighted by Crippen LogP contribution is 2.41. The van der Waals surface area contributed by atoms with Crippen molar-refractivity contribution in [3.8, 4) is 0 Å². The van der Waals surface area contributed by atoms with Gasteiger partial charge in [0.2, 0.25) is 0 Å². The summed E-state index contributed by atoms with van der Waals surface area (Å²) in [6.07, 6.45) is -49.6. The molecule has 0 unspecified atom stereocenters. The Bertz CT molecular complexity index is 2550. The highest BCUT2D eigenvalue weighted by atomic mass is 32.1. The van der Waals surface area contributed by atoms with Gasteiger partial charge in [-0.2, -0.15) is 144 Å². The van der Waals surface area contributed by atoms with E-state index in [1.165, 1.54) is 5.56 Å². The molecule has 0 spiro atoms. The number of carbonyl (C=O) groups excluding carboxylic acids is 1. The predicted molar refractivity (Wildman–Crippen MR) is 218 cm³/mol. The highest BCUT2D eigenvalue weighted by Gasteiger charge is 2.47. The first kappa shape index (κ1) is 58.5. The number of rotatable bonds is 8. The molecule has 0 bridgehead atoms. The van der Waals surface area contributed by atoms with Crippen molar-refractivity contribution in [3.63, 3.8) is 0 Å². The minimum absolute atomic E-state index is 0.0595. The molecule has 6 aromatic rings. The van der Waals surface area contributed by atoms with E-state index in [1.54, 1.807) is 12.4 Å². The van der Waals surface area contributed by atoms with Crippen LogP contribution in [0, 0.1) is 0 Å². The van der Waals surface area contributed by atoms with Crippen LogP contribution in [0.5, 0.6) is 0 Å². The van der Waals surface area contributed by atoms with Gasteiger partial charge in [0, 0.05) is 5.56 Å². The number of nitrogens with zero attached hydrogens (tertiary/aromatic N) is 2. The van der Waals surface area contributed by atoms with Gasteiger partial charge in [-0.25, -0.2) is 4.98 Å². The van der Waals surface area contributed by atoms with E-state index in [4.69, 9.17) is 0 Å². The van der Waals surface area contributed by atoms with Gasteiger partial charge in [0.1, 0.15) is 6.15 Å². The van der Waals surface area contributed by atoms with E-state index in [2.05, 4.69) is 17.6 Å². The van der Waals surface area contributed by atoms with E-state index in [0.717, 1.165) is 6.54 Å². The summed E-state index contributed by atoms with van der Waals surface area (Å²) in [7, 11) is 0. The average molecular weight is 1110 g/mol. The van der Waals surface area contributed by atoms with Crippen LogP contribution < -0.4 is 26.4 Å². The van der Waals surface area contributed by atoms with E-state index in [9.17, 15) is 110 Å². The molecule has 3 nitrogen and oxygen atoms in total. The zero-order valence-electron chi connectivity index (χ0n) is 35.9. The minimum atomic E-state index is -6.13. The normalized spacial score (nSPS) is 13.4. The molecule has 0 radical (unpaired) electrons. The molecular formula is C45H25BF24N2OS. The van der Waals surface area contributed by atoms with Gasteiger partial charge in [0.15, 0.2) is 30.4 Å². The number of thiol groups is 1. The molecule has 0 aliphatic heterocycles. The lowest BCUT2D eigenvalue weighted by atomic mass is 9.12. The number of alkyl halides is 24. The van der Waals surface area contributed by atoms with Gasteiger partial charge in [-0.15, -0.1) is 0 Å². The quantitative estimate of drug-likeness (QED) is 0.0542. The zero-order valence-corrected chi connectivity index (χ0v) is 36.8. The minimum Gasteiger partial charge on any atom is -0.291 e. The van der Waals surface area contributed by atoms with Crippen LogP contribution in [-0.4, -0.2) is 22.7 Å². The summed E-state index contributed by atoms with van der Waals surface area (Å²) in [5.74, 6) is 0.123.